The summed E-state index contributed by atoms with van der Waals surface area (Å²) in [5.74, 6) is 0. The number of hydrogen-bond acceptors (Lipinski definition) is 3. The quantitative estimate of drug-likeness (QED) is 0.870. The van der Waals surface area contributed by atoms with Crippen LogP contribution in [0.2, 0.25) is 0 Å². The van der Waals surface area contributed by atoms with Gasteiger partial charge in [0.25, 0.3) is 0 Å². The summed E-state index contributed by atoms with van der Waals surface area (Å²) in [6.07, 6.45) is 2.97. The van der Waals surface area contributed by atoms with Crippen molar-refractivity contribution < 1.29 is 5.11 Å². The Balaban J connectivity index is 2.32. The topological polar surface area (TPSA) is 61.8 Å². The molecule has 4 nitrogen and oxygen atoms in total. The Morgan fingerprint density at radius 1 is 1.47 bits per heavy atom. The van der Waals surface area contributed by atoms with Crippen molar-refractivity contribution in [2.45, 2.75) is 19.6 Å². The second kappa shape index (κ2) is 4.81. The van der Waals surface area contributed by atoms with Crippen LogP contribution in [0.15, 0.2) is 36.7 Å². The van der Waals surface area contributed by atoms with Crippen LogP contribution >= 0.6 is 0 Å². The minimum atomic E-state index is -0.521. The number of hydrogen-bond donors (Lipinski definition) is 1. The Labute approximate surface area is 99.8 Å². The van der Waals surface area contributed by atoms with Crippen LogP contribution in [0.3, 0.4) is 0 Å². The van der Waals surface area contributed by atoms with E-state index in [-0.39, 0.29) is 0 Å². The average molecular weight is 227 g/mol. The van der Waals surface area contributed by atoms with Gasteiger partial charge in [0.2, 0.25) is 0 Å². The van der Waals surface area contributed by atoms with Crippen molar-refractivity contribution in [3.63, 3.8) is 0 Å². The summed E-state index contributed by atoms with van der Waals surface area (Å²) < 4.78 is 1.92. The van der Waals surface area contributed by atoms with Crippen molar-refractivity contribution in [1.82, 2.24) is 9.55 Å². The van der Waals surface area contributed by atoms with E-state index in [2.05, 4.69) is 11.1 Å². The summed E-state index contributed by atoms with van der Waals surface area (Å²) in [6, 6.07) is 9.50. The molecule has 0 fully saturated rings. The first-order valence-electron chi connectivity index (χ1n) is 5.39. The van der Waals surface area contributed by atoms with E-state index in [1.165, 1.54) is 0 Å². The highest BCUT2D eigenvalue weighted by molar-refractivity contribution is 5.31. The van der Waals surface area contributed by atoms with Gasteiger partial charge >= 0.3 is 0 Å². The number of aromatic nitrogens is 2. The fourth-order valence-corrected chi connectivity index (χ4v) is 1.80. The Hall–Kier alpha value is -2.12. The van der Waals surface area contributed by atoms with Crippen molar-refractivity contribution in [1.29, 1.82) is 5.26 Å². The molecule has 17 heavy (non-hydrogen) atoms. The third-order valence-corrected chi connectivity index (χ3v) is 2.63. The lowest BCUT2D eigenvalue weighted by Crippen LogP contribution is -2.07. The van der Waals surface area contributed by atoms with Gasteiger partial charge < -0.3 is 9.67 Å². The zero-order valence-electron chi connectivity index (χ0n) is 9.54. The number of aliphatic hydroxyl groups excluding tert-OH is 1. The third-order valence-electron chi connectivity index (χ3n) is 2.63. The zero-order valence-corrected chi connectivity index (χ0v) is 9.54. The standard InChI is InChI=1S/C13H13N3O/c1-10(17)13-5-3-7-16(13)9-11-4-2-6-15-12(11)8-14/h2-7,10,17H,9H2,1H3. The predicted octanol–water partition coefficient (Wildman–Crippen LogP) is 1.86. The maximum Gasteiger partial charge on any atom is 0.145 e. The van der Waals surface area contributed by atoms with Crippen molar-refractivity contribution in [3.05, 3.63) is 53.6 Å². The Morgan fingerprint density at radius 3 is 3.00 bits per heavy atom. The summed E-state index contributed by atoms with van der Waals surface area (Å²) in [7, 11) is 0. The van der Waals surface area contributed by atoms with E-state index in [1.54, 1.807) is 13.1 Å². The van der Waals surface area contributed by atoms with Gasteiger partial charge in [-0.2, -0.15) is 5.26 Å². The minimum absolute atomic E-state index is 0.428. The van der Waals surface area contributed by atoms with Gasteiger partial charge in [0.1, 0.15) is 11.8 Å². The molecule has 0 aromatic carbocycles. The molecule has 1 atom stereocenters. The molecule has 0 amide bonds. The van der Waals surface area contributed by atoms with Crippen LogP contribution in [-0.4, -0.2) is 14.7 Å². The molecule has 2 heterocycles. The number of aliphatic hydroxyl groups is 1. The van der Waals surface area contributed by atoms with Crippen molar-refractivity contribution in [2.24, 2.45) is 0 Å². The van der Waals surface area contributed by atoms with Gasteiger partial charge in [-0.3, -0.25) is 0 Å². The van der Waals surface area contributed by atoms with Crippen LogP contribution in [0.25, 0.3) is 0 Å². The summed E-state index contributed by atoms with van der Waals surface area (Å²) in [6.45, 7) is 2.27. The molecule has 86 valence electrons. The maximum atomic E-state index is 9.60. The van der Waals surface area contributed by atoms with E-state index in [0.29, 0.717) is 12.2 Å². The molecular formula is C13H13N3O. The van der Waals surface area contributed by atoms with Gasteiger partial charge in [0.05, 0.1) is 12.6 Å². The molecule has 0 radical (unpaired) electrons. The minimum Gasteiger partial charge on any atom is -0.387 e. The van der Waals surface area contributed by atoms with Crippen LogP contribution in [0.5, 0.6) is 0 Å². The number of rotatable bonds is 3. The van der Waals surface area contributed by atoms with E-state index in [4.69, 9.17) is 5.26 Å². The SMILES string of the molecule is CC(O)c1cccn1Cc1cccnc1C#N. The highest BCUT2D eigenvalue weighted by Gasteiger charge is 2.09. The van der Waals surface area contributed by atoms with Crippen LogP contribution in [0, 0.1) is 11.3 Å². The fraction of sp³-hybridized carbons (Fsp3) is 0.231. The first kappa shape index (κ1) is 11.4. The van der Waals surface area contributed by atoms with Crippen molar-refractivity contribution in [3.8, 4) is 6.07 Å². The zero-order chi connectivity index (χ0) is 12.3. The van der Waals surface area contributed by atoms with E-state index >= 15 is 0 Å². The predicted molar refractivity (Wildman–Crippen MR) is 63.1 cm³/mol. The van der Waals surface area contributed by atoms with Gasteiger partial charge in [0, 0.05) is 23.7 Å². The van der Waals surface area contributed by atoms with E-state index in [1.807, 2.05) is 35.0 Å². The van der Waals surface area contributed by atoms with Gasteiger partial charge in [-0.05, 0) is 25.1 Å². The van der Waals surface area contributed by atoms with Gasteiger partial charge in [-0.1, -0.05) is 6.07 Å². The molecule has 0 saturated heterocycles. The maximum absolute atomic E-state index is 9.60. The van der Waals surface area contributed by atoms with Crippen LogP contribution in [0.4, 0.5) is 0 Å². The molecule has 0 spiro atoms. The number of nitriles is 1. The molecular weight excluding hydrogens is 214 g/mol. The fourth-order valence-electron chi connectivity index (χ4n) is 1.80. The van der Waals surface area contributed by atoms with E-state index in [9.17, 15) is 5.11 Å². The van der Waals surface area contributed by atoms with Crippen LogP contribution in [0.1, 0.15) is 30.0 Å². The highest BCUT2D eigenvalue weighted by Crippen LogP contribution is 2.15. The molecule has 1 unspecified atom stereocenters. The first-order valence-corrected chi connectivity index (χ1v) is 5.39. The third kappa shape index (κ3) is 2.35. The summed E-state index contributed by atoms with van der Waals surface area (Å²) in [4.78, 5) is 4.02. The molecule has 0 aliphatic carbocycles. The highest BCUT2D eigenvalue weighted by atomic mass is 16.3. The van der Waals surface area contributed by atoms with Crippen LogP contribution < -0.4 is 0 Å². The smallest absolute Gasteiger partial charge is 0.145 e. The number of pyridine rings is 1. The van der Waals surface area contributed by atoms with E-state index in [0.717, 1.165) is 11.3 Å². The van der Waals surface area contributed by atoms with Crippen molar-refractivity contribution >= 4 is 0 Å². The molecule has 0 saturated carbocycles. The van der Waals surface area contributed by atoms with Gasteiger partial charge in [-0.15, -0.1) is 0 Å². The monoisotopic (exact) mass is 227 g/mol. The Morgan fingerprint density at radius 2 is 2.29 bits per heavy atom. The normalized spacial score (nSPS) is 12.1. The van der Waals surface area contributed by atoms with Crippen molar-refractivity contribution in [2.75, 3.05) is 0 Å². The van der Waals surface area contributed by atoms with Crippen LogP contribution in [-0.2, 0) is 6.54 Å². The largest absolute Gasteiger partial charge is 0.387 e. The molecule has 0 aliphatic rings. The second-order valence-electron chi connectivity index (χ2n) is 3.86. The molecule has 0 bridgehead atoms. The lowest BCUT2D eigenvalue weighted by atomic mass is 10.2. The summed E-state index contributed by atoms with van der Waals surface area (Å²) in [5, 5.41) is 18.6. The second-order valence-corrected chi connectivity index (χ2v) is 3.86. The lowest BCUT2D eigenvalue weighted by molar-refractivity contribution is 0.190. The molecule has 1 N–H and O–H groups in total. The molecule has 2 rings (SSSR count). The van der Waals surface area contributed by atoms with Gasteiger partial charge in [0.15, 0.2) is 0 Å². The first-order chi connectivity index (χ1) is 8.22. The molecule has 2 aromatic heterocycles. The van der Waals surface area contributed by atoms with Gasteiger partial charge in [-0.25, -0.2) is 4.98 Å². The van der Waals surface area contributed by atoms with E-state index < -0.39 is 6.10 Å². The summed E-state index contributed by atoms with van der Waals surface area (Å²) in [5.41, 5.74) is 2.11. The average Bonchev–Trinajstić information content (AvgIpc) is 2.78. The lowest BCUT2D eigenvalue weighted by Gasteiger charge is -2.11. The molecule has 4 heteroatoms. The molecule has 2 aromatic rings. The summed E-state index contributed by atoms with van der Waals surface area (Å²) >= 11 is 0. The Bertz CT molecular complexity index is 552. The molecule has 0 aliphatic heterocycles. The Kier molecular flexibility index (Phi) is 3.22. The number of nitrogens with zero attached hydrogens (tertiary/aromatic N) is 3.